The van der Waals surface area contributed by atoms with Crippen molar-refractivity contribution < 1.29 is 14.2 Å². The van der Waals surface area contributed by atoms with Crippen LogP contribution >= 0.6 is 0 Å². The molecule has 1 fully saturated rings. The zero-order valence-electron chi connectivity index (χ0n) is 11.3. The maximum atomic E-state index is 13.4. The third-order valence-corrected chi connectivity index (χ3v) is 3.35. The molecule has 1 aliphatic heterocycles. The van der Waals surface area contributed by atoms with E-state index in [1.165, 1.54) is 12.1 Å². The number of ether oxygens (including phenoxy) is 1. The summed E-state index contributed by atoms with van der Waals surface area (Å²) in [6, 6.07) is 4.43. The summed E-state index contributed by atoms with van der Waals surface area (Å²) in [5.41, 5.74) is 7.62. The van der Waals surface area contributed by atoms with Crippen molar-refractivity contribution in [3.8, 4) is 0 Å². The summed E-state index contributed by atoms with van der Waals surface area (Å²) in [5, 5.41) is 9.26. The lowest BCUT2D eigenvalue weighted by Gasteiger charge is -2.38. The number of hydrogen-bond acceptors (Lipinski definition) is 4. The number of aliphatic hydroxyl groups excluding tert-OH is 1. The van der Waals surface area contributed by atoms with Crippen molar-refractivity contribution in [3.05, 3.63) is 29.6 Å². The third-order valence-electron chi connectivity index (χ3n) is 3.35. The average molecular weight is 268 g/mol. The highest BCUT2D eigenvalue weighted by Gasteiger charge is 2.26. The van der Waals surface area contributed by atoms with Gasteiger partial charge in [-0.2, -0.15) is 0 Å². The van der Waals surface area contributed by atoms with Gasteiger partial charge in [-0.3, -0.25) is 0 Å². The molecule has 0 radical (unpaired) electrons. The first-order valence-corrected chi connectivity index (χ1v) is 6.57. The van der Waals surface area contributed by atoms with E-state index in [2.05, 4.69) is 4.90 Å². The predicted octanol–water partition coefficient (Wildman–Crippen LogP) is 1.43. The SMILES string of the molecule is CC1CN(c2ccc(F)cc2[C@H](C)N)CC(CO)O1. The second-order valence-electron chi connectivity index (χ2n) is 5.15. The molecule has 0 amide bonds. The zero-order chi connectivity index (χ0) is 14.0. The Morgan fingerprint density at radius 3 is 2.89 bits per heavy atom. The van der Waals surface area contributed by atoms with Gasteiger partial charge in [0.05, 0.1) is 18.8 Å². The van der Waals surface area contributed by atoms with Crippen molar-refractivity contribution in [1.82, 2.24) is 0 Å². The Bertz CT molecular complexity index is 439. The molecule has 5 heteroatoms. The molecule has 0 aliphatic carbocycles. The van der Waals surface area contributed by atoms with Gasteiger partial charge in [0, 0.05) is 24.8 Å². The minimum Gasteiger partial charge on any atom is -0.394 e. The molecule has 1 aromatic rings. The first-order valence-electron chi connectivity index (χ1n) is 6.57. The molecule has 0 bridgehead atoms. The van der Waals surface area contributed by atoms with E-state index >= 15 is 0 Å². The Balaban J connectivity index is 2.30. The van der Waals surface area contributed by atoms with Crippen molar-refractivity contribution in [3.63, 3.8) is 0 Å². The summed E-state index contributed by atoms with van der Waals surface area (Å²) in [4.78, 5) is 2.10. The molecule has 1 aliphatic rings. The summed E-state index contributed by atoms with van der Waals surface area (Å²) < 4.78 is 19.0. The number of aliphatic hydroxyl groups is 1. The molecular formula is C14H21FN2O2. The molecule has 0 spiro atoms. The van der Waals surface area contributed by atoms with E-state index < -0.39 is 0 Å². The van der Waals surface area contributed by atoms with Crippen molar-refractivity contribution >= 4 is 5.69 Å². The fourth-order valence-electron chi connectivity index (χ4n) is 2.52. The maximum absolute atomic E-state index is 13.4. The fourth-order valence-corrected chi connectivity index (χ4v) is 2.52. The van der Waals surface area contributed by atoms with Gasteiger partial charge in [0.15, 0.2) is 0 Å². The molecule has 0 aromatic heterocycles. The number of hydrogen-bond donors (Lipinski definition) is 2. The number of anilines is 1. The van der Waals surface area contributed by atoms with E-state index in [-0.39, 0.29) is 30.7 Å². The van der Waals surface area contributed by atoms with E-state index in [4.69, 9.17) is 10.5 Å². The summed E-state index contributed by atoms with van der Waals surface area (Å²) in [7, 11) is 0. The number of halogens is 1. The molecule has 1 aromatic carbocycles. The van der Waals surface area contributed by atoms with Crippen LogP contribution in [0, 0.1) is 5.82 Å². The third kappa shape index (κ3) is 3.23. The van der Waals surface area contributed by atoms with Gasteiger partial charge in [-0.25, -0.2) is 4.39 Å². The molecular weight excluding hydrogens is 247 g/mol. The van der Waals surface area contributed by atoms with Crippen LogP contribution in [0.1, 0.15) is 25.5 Å². The Kier molecular flexibility index (Phi) is 4.39. The van der Waals surface area contributed by atoms with Gasteiger partial charge >= 0.3 is 0 Å². The van der Waals surface area contributed by atoms with Crippen LogP contribution in [0.5, 0.6) is 0 Å². The average Bonchev–Trinajstić information content (AvgIpc) is 2.37. The van der Waals surface area contributed by atoms with Crippen molar-refractivity contribution in [2.75, 3.05) is 24.6 Å². The Morgan fingerprint density at radius 2 is 2.26 bits per heavy atom. The van der Waals surface area contributed by atoms with E-state index in [1.807, 2.05) is 13.8 Å². The molecule has 19 heavy (non-hydrogen) atoms. The smallest absolute Gasteiger partial charge is 0.123 e. The molecule has 1 saturated heterocycles. The van der Waals surface area contributed by atoms with Crippen LogP contribution in [0.2, 0.25) is 0 Å². The quantitative estimate of drug-likeness (QED) is 0.870. The number of benzene rings is 1. The van der Waals surface area contributed by atoms with Crippen LogP contribution in [0.3, 0.4) is 0 Å². The first kappa shape index (κ1) is 14.2. The summed E-state index contributed by atoms with van der Waals surface area (Å²) in [6.45, 7) is 5.08. The topological polar surface area (TPSA) is 58.7 Å². The summed E-state index contributed by atoms with van der Waals surface area (Å²) in [5.74, 6) is -0.281. The van der Waals surface area contributed by atoms with Crippen LogP contribution in [0.25, 0.3) is 0 Å². The number of nitrogens with two attached hydrogens (primary N) is 1. The number of nitrogens with zero attached hydrogens (tertiary/aromatic N) is 1. The molecule has 1 heterocycles. The minimum absolute atomic E-state index is 0.0183. The lowest BCUT2D eigenvalue weighted by molar-refractivity contribution is -0.0421. The molecule has 2 rings (SSSR count). The Morgan fingerprint density at radius 1 is 1.53 bits per heavy atom. The highest BCUT2D eigenvalue weighted by atomic mass is 19.1. The van der Waals surface area contributed by atoms with Crippen LogP contribution in [-0.4, -0.2) is 37.0 Å². The van der Waals surface area contributed by atoms with Crippen LogP contribution < -0.4 is 10.6 Å². The molecule has 106 valence electrons. The van der Waals surface area contributed by atoms with Crippen molar-refractivity contribution in [1.29, 1.82) is 0 Å². The lowest BCUT2D eigenvalue weighted by atomic mass is 10.0. The second-order valence-corrected chi connectivity index (χ2v) is 5.15. The van der Waals surface area contributed by atoms with E-state index in [0.29, 0.717) is 13.1 Å². The van der Waals surface area contributed by atoms with Crippen molar-refractivity contribution in [2.45, 2.75) is 32.1 Å². The van der Waals surface area contributed by atoms with Gasteiger partial charge in [-0.1, -0.05) is 0 Å². The summed E-state index contributed by atoms with van der Waals surface area (Å²) in [6.07, 6.45) is -0.188. The van der Waals surface area contributed by atoms with Gasteiger partial charge in [0.25, 0.3) is 0 Å². The van der Waals surface area contributed by atoms with Gasteiger partial charge in [0.1, 0.15) is 5.82 Å². The standard InChI is InChI=1S/C14H21FN2O2/c1-9-6-17(7-12(8-18)19-9)14-4-3-11(15)5-13(14)10(2)16/h3-5,9-10,12,18H,6-8,16H2,1-2H3/t9?,10-,12?/m0/s1. The Hall–Kier alpha value is -1.17. The fraction of sp³-hybridized carbons (Fsp3) is 0.571. The molecule has 4 nitrogen and oxygen atoms in total. The molecule has 3 N–H and O–H groups in total. The van der Waals surface area contributed by atoms with Gasteiger partial charge in [-0.15, -0.1) is 0 Å². The van der Waals surface area contributed by atoms with Gasteiger partial charge < -0.3 is 20.5 Å². The number of morpholine rings is 1. The van der Waals surface area contributed by atoms with Crippen LogP contribution in [-0.2, 0) is 4.74 Å². The largest absolute Gasteiger partial charge is 0.394 e. The first-order chi connectivity index (χ1) is 9.01. The van der Waals surface area contributed by atoms with E-state index in [9.17, 15) is 9.50 Å². The van der Waals surface area contributed by atoms with Gasteiger partial charge in [0.2, 0.25) is 0 Å². The monoisotopic (exact) mass is 268 g/mol. The second kappa shape index (κ2) is 5.86. The highest BCUT2D eigenvalue weighted by Crippen LogP contribution is 2.28. The summed E-state index contributed by atoms with van der Waals surface area (Å²) >= 11 is 0. The van der Waals surface area contributed by atoms with Crippen LogP contribution in [0.4, 0.5) is 10.1 Å². The molecule has 2 unspecified atom stereocenters. The lowest BCUT2D eigenvalue weighted by Crippen LogP contribution is -2.48. The van der Waals surface area contributed by atoms with Gasteiger partial charge in [-0.05, 0) is 37.6 Å². The highest BCUT2D eigenvalue weighted by molar-refractivity contribution is 5.55. The minimum atomic E-state index is -0.281. The van der Waals surface area contributed by atoms with Crippen molar-refractivity contribution in [2.24, 2.45) is 5.73 Å². The number of rotatable bonds is 3. The maximum Gasteiger partial charge on any atom is 0.123 e. The molecule has 3 atom stereocenters. The normalized spacial score (nSPS) is 25.4. The van der Waals surface area contributed by atoms with E-state index in [0.717, 1.165) is 11.3 Å². The zero-order valence-corrected chi connectivity index (χ0v) is 11.3. The molecule has 0 saturated carbocycles. The predicted molar refractivity (Wildman–Crippen MR) is 72.6 cm³/mol. The van der Waals surface area contributed by atoms with Crippen LogP contribution in [0.15, 0.2) is 18.2 Å². The Labute approximate surface area is 113 Å². The van der Waals surface area contributed by atoms with E-state index in [1.54, 1.807) is 6.07 Å².